The molecule has 3 rings (SSSR count). The van der Waals surface area contributed by atoms with Crippen LogP contribution in [-0.2, 0) is 9.84 Å². The third kappa shape index (κ3) is 4.35. The number of methoxy groups -OCH3 is 1. The Morgan fingerprint density at radius 1 is 1.15 bits per heavy atom. The van der Waals surface area contributed by atoms with Gasteiger partial charge < -0.3 is 10.1 Å². The Morgan fingerprint density at radius 2 is 1.93 bits per heavy atom. The topological polar surface area (TPSA) is 85.4 Å². The molecule has 0 unspecified atom stereocenters. The number of nitrogens with zero attached hydrogens (tertiary/aromatic N) is 1. The van der Waals surface area contributed by atoms with Crippen molar-refractivity contribution in [2.45, 2.75) is 9.46 Å². The molecule has 0 spiro atoms. The van der Waals surface area contributed by atoms with Gasteiger partial charge in [-0.2, -0.15) is 0 Å². The molecule has 0 aliphatic carbocycles. The molecule has 2 heterocycles. The summed E-state index contributed by atoms with van der Waals surface area (Å²) in [6, 6.07) is 15.0. The van der Waals surface area contributed by atoms with Gasteiger partial charge in [0.15, 0.2) is 9.84 Å². The lowest BCUT2D eigenvalue weighted by Gasteiger charge is -2.18. The summed E-state index contributed by atoms with van der Waals surface area (Å²) in [4.78, 5) is 16.3. The van der Waals surface area contributed by atoms with Gasteiger partial charge in [0.05, 0.1) is 7.11 Å². The van der Waals surface area contributed by atoms with E-state index in [0.717, 1.165) is 11.3 Å². The monoisotopic (exact) mass is 402 g/mol. The lowest BCUT2D eigenvalue weighted by atomic mass is 10.1. The van der Waals surface area contributed by atoms with Crippen molar-refractivity contribution in [2.75, 3.05) is 13.7 Å². The largest absolute Gasteiger partial charge is 0.497 e. The van der Waals surface area contributed by atoms with Crippen molar-refractivity contribution in [3.63, 3.8) is 0 Å². The number of pyridine rings is 1. The molecule has 1 aromatic carbocycles. The summed E-state index contributed by atoms with van der Waals surface area (Å²) in [5, 5.41) is 3.48. The Labute approximate surface area is 161 Å². The molecule has 0 saturated carbocycles. The number of hydrogen-bond acceptors (Lipinski definition) is 6. The minimum absolute atomic E-state index is 0.0675. The zero-order valence-electron chi connectivity index (χ0n) is 14.5. The molecule has 1 atom stereocenters. The van der Waals surface area contributed by atoms with Crippen LogP contribution < -0.4 is 10.1 Å². The Morgan fingerprint density at radius 3 is 2.52 bits per heavy atom. The Kier molecular flexibility index (Phi) is 5.88. The molecule has 0 aliphatic heterocycles. The minimum Gasteiger partial charge on any atom is -0.497 e. The number of ether oxygens (including phenoxy) is 1. The first-order valence-corrected chi connectivity index (χ1v) is 10.6. The predicted molar refractivity (Wildman–Crippen MR) is 104 cm³/mol. The molecule has 1 amide bonds. The number of nitrogens with one attached hydrogen (secondary N) is 1. The number of thiophene rings is 1. The zero-order valence-corrected chi connectivity index (χ0v) is 16.2. The lowest BCUT2D eigenvalue weighted by Crippen LogP contribution is -2.32. The number of sulfone groups is 1. The van der Waals surface area contributed by atoms with Crippen LogP contribution in [0.3, 0.4) is 0 Å². The van der Waals surface area contributed by atoms with Crippen LogP contribution in [-0.4, -0.2) is 33.0 Å². The first kappa shape index (κ1) is 19.1. The number of amides is 1. The summed E-state index contributed by atoms with van der Waals surface area (Å²) in [5.74, 6) is 0.207. The van der Waals surface area contributed by atoms with Gasteiger partial charge in [-0.05, 0) is 41.3 Å². The maximum atomic E-state index is 13.1. The van der Waals surface area contributed by atoms with Crippen molar-refractivity contribution in [3.05, 3.63) is 77.4 Å². The molecule has 2 aromatic heterocycles. The van der Waals surface area contributed by atoms with Crippen LogP contribution in [0.1, 0.15) is 21.3 Å². The van der Waals surface area contributed by atoms with Crippen LogP contribution >= 0.6 is 11.3 Å². The highest BCUT2D eigenvalue weighted by Crippen LogP contribution is 2.32. The SMILES string of the molecule is COc1ccc([C@H](CNC(=O)c2ccccn2)S(=O)(=O)c2cccs2)cc1. The second kappa shape index (κ2) is 8.32. The van der Waals surface area contributed by atoms with Crippen LogP contribution in [0.15, 0.2) is 70.4 Å². The lowest BCUT2D eigenvalue weighted by molar-refractivity contribution is 0.0948. The van der Waals surface area contributed by atoms with E-state index in [0.29, 0.717) is 11.3 Å². The number of benzene rings is 1. The highest BCUT2D eigenvalue weighted by Gasteiger charge is 2.30. The fourth-order valence-electron chi connectivity index (χ4n) is 2.56. The van der Waals surface area contributed by atoms with Gasteiger partial charge in [0.25, 0.3) is 5.91 Å². The highest BCUT2D eigenvalue weighted by molar-refractivity contribution is 7.93. The van der Waals surface area contributed by atoms with Crippen molar-refractivity contribution in [1.82, 2.24) is 10.3 Å². The molecule has 0 bridgehead atoms. The number of hydrogen-bond donors (Lipinski definition) is 1. The number of carbonyl (C=O) groups excluding carboxylic acids is 1. The summed E-state index contributed by atoms with van der Waals surface area (Å²) < 4.78 is 31.6. The summed E-state index contributed by atoms with van der Waals surface area (Å²) in [5.41, 5.74) is 0.810. The van der Waals surface area contributed by atoms with E-state index < -0.39 is 21.0 Å². The summed E-state index contributed by atoms with van der Waals surface area (Å²) >= 11 is 1.15. The van der Waals surface area contributed by atoms with E-state index in [4.69, 9.17) is 4.74 Å². The average Bonchev–Trinajstić information content (AvgIpc) is 3.25. The maximum absolute atomic E-state index is 13.1. The van der Waals surface area contributed by atoms with E-state index in [1.165, 1.54) is 6.20 Å². The molecule has 27 heavy (non-hydrogen) atoms. The molecule has 1 N–H and O–H groups in total. The fourth-order valence-corrected chi connectivity index (χ4v) is 5.43. The van der Waals surface area contributed by atoms with E-state index in [1.54, 1.807) is 67.1 Å². The van der Waals surface area contributed by atoms with Gasteiger partial charge in [0, 0.05) is 12.7 Å². The van der Waals surface area contributed by atoms with Crippen LogP contribution in [0.2, 0.25) is 0 Å². The second-order valence-corrected chi connectivity index (χ2v) is 8.97. The van der Waals surface area contributed by atoms with Crippen LogP contribution in [0.4, 0.5) is 0 Å². The number of carbonyl (C=O) groups is 1. The number of aromatic nitrogens is 1. The van der Waals surface area contributed by atoms with Crippen LogP contribution in [0, 0.1) is 0 Å². The minimum atomic E-state index is -3.67. The Balaban J connectivity index is 1.89. The van der Waals surface area contributed by atoms with Crippen LogP contribution in [0.5, 0.6) is 5.75 Å². The van der Waals surface area contributed by atoms with E-state index >= 15 is 0 Å². The van der Waals surface area contributed by atoms with Gasteiger partial charge in [0.1, 0.15) is 20.9 Å². The van der Waals surface area contributed by atoms with E-state index in [2.05, 4.69) is 10.3 Å². The third-order valence-corrected chi connectivity index (χ3v) is 7.52. The first-order chi connectivity index (χ1) is 13.0. The first-order valence-electron chi connectivity index (χ1n) is 8.13. The Bertz CT molecular complexity index is 986. The summed E-state index contributed by atoms with van der Waals surface area (Å²) in [6.45, 7) is -0.0675. The highest BCUT2D eigenvalue weighted by atomic mass is 32.2. The fraction of sp³-hybridized carbons (Fsp3) is 0.158. The molecule has 3 aromatic rings. The molecule has 0 fully saturated rings. The van der Waals surface area contributed by atoms with Gasteiger partial charge in [0.2, 0.25) is 0 Å². The van der Waals surface area contributed by atoms with E-state index in [9.17, 15) is 13.2 Å². The third-order valence-electron chi connectivity index (χ3n) is 3.98. The second-order valence-electron chi connectivity index (χ2n) is 5.66. The normalized spacial score (nSPS) is 12.3. The smallest absolute Gasteiger partial charge is 0.269 e. The molecular formula is C19H18N2O4S2. The maximum Gasteiger partial charge on any atom is 0.269 e. The van der Waals surface area contributed by atoms with Crippen molar-refractivity contribution < 1.29 is 17.9 Å². The van der Waals surface area contributed by atoms with E-state index in [-0.39, 0.29) is 16.4 Å². The average molecular weight is 402 g/mol. The summed E-state index contributed by atoms with van der Waals surface area (Å²) in [6.07, 6.45) is 1.51. The molecular weight excluding hydrogens is 384 g/mol. The molecule has 6 nitrogen and oxygen atoms in total. The van der Waals surface area contributed by atoms with Gasteiger partial charge in [-0.25, -0.2) is 8.42 Å². The van der Waals surface area contributed by atoms with Crippen molar-refractivity contribution >= 4 is 27.1 Å². The quantitative estimate of drug-likeness (QED) is 0.656. The summed E-state index contributed by atoms with van der Waals surface area (Å²) in [7, 11) is -2.12. The predicted octanol–water partition coefficient (Wildman–Crippen LogP) is 3.10. The zero-order chi connectivity index (χ0) is 19.3. The molecule has 0 radical (unpaired) electrons. The Hall–Kier alpha value is -2.71. The van der Waals surface area contributed by atoms with Gasteiger partial charge in [-0.3, -0.25) is 9.78 Å². The van der Waals surface area contributed by atoms with Gasteiger partial charge in [-0.1, -0.05) is 24.3 Å². The molecule has 140 valence electrons. The molecule has 8 heteroatoms. The van der Waals surface area contributed by atoms with Crippen molar-refractivity contribution in [3.8, 4) is 5.75 Å². The van der Waals surface area contributed by atoms with Crippen molar-refractivity contribution in [1.29, 1.82) is 0 Å². The van der Waals surface area contributed by atoms with E-state index in [1.807, 2.05) is 0 Å². The van der Waals surface area contributed by atoms with Crippen LogP contribution in [0.25, 0.3) is 0 Å². The number of rotatable bonds is 7. The molecule has 0 saturated heterocycles. The van der Waals surface area contributed by atoms with Gasteiger partial charge in [-0.15, -0.1) is 11.3 Å². The van der Waals surface area contributed by atoms with Crippen molar-refractivity contribution in [2.24, 2.45) is 0 Å². The van der Waals surface area contributed by atoms with Gasteiger partial charge >= 0.3 is 0 Å². The molecule has 0 aliphatic rings. The standard InChI is InChI=1S/C19H18N2O4S2/c1-25-15-9-7-14(8-10-15)17(27(23,24)18-6-4-12-26-18)13-21-19(22)16-5-2-3-11-20-16/h2-12,17H,13H2,1H3,(H,21,22)/t17-/m0/s1.